The Balaban J connectivity index is 1.91. The first-order valence-electron chi connectivity index (χ1n) is 6.55. The van der Waals surface area contributed by atoms with Crippen molar-refractivity contribution in [3.8, 4) is 12.1 Å². The number of nitriles is 2. The van der Waals surface area contributed by atoms with Crippen molar-refractivity contribution in [3.63, 3.8) is 0 Å². The lowest BCUT2D eigenvalue weighted by atomic mass is 10.1. The van der Waals surface area contributed by atoms with Crippen molar-refractivity contribution in [3.05, 3.63) is 76.9 Å². The summed E-state index contributed by atoms with van der Waals surface area (Å²) in [6.07, 6.45) is 2.95. The lowest BCUT2D eigenvalue weighted by molar-refractivity contribution is -0.138. The fraction of sp³-hybridized carbons (Fsp3) is 0.0556. The lowest BCUT2D eigenvalue weighted by Gasteiger charge is -2.02. The van der Waals surface area contributed by atoms with Crippen molar-refractivity contribution >= 4 is 12.0 Å². The summed E-state index contributed by atoms with van der Waals surface area (Å²) in [5.74, 6) is -0.466. The number of nitrogens with zero attached hydrogens (tertiary/aromatic N) is 2. The molecule has 0 fully saturated rings. The number of carbonyl (C=O) groups is 1. The van der Waals surface area contributed by atoms with E-state index in [-0.39, 0.29) is 6.61 Å². The first kappa shape index (κ1) is 15.0. The average molecular weight is 288 g/mol. The Bertz CT molecular complexity index is 778. The maximum absolute atomic E-state index is 11.6. The van der Waals surface area contributed by atoms with Gasteiger partial charge in [-0.3, -0.25) is 0 Å². The number of rotatable bonds is 4. The molecule has 0 aliphatic rings. The van der Waals surface area contributed by atoms with Crippen LogP contribution < -0.4 is 0 Å². The highest BCUT2D eigenvalue weighted by Crippen LogP contribution is 2.07. The predicted octanol–water partition coefficient (Wildman–Crippen LogP) is 3.19. The largest absolute Gasteiger partial charge is 0.458 e. The van der Waals surface area contributed by atoms with Crippen molar-refractivity contribution in [2.45, 2.75) is 6.61 Å². The van der Waals surface area contributed by atoms with Crippen LogP contribution in [-0.4, -0.2) is 5.97 Å². The molecule has 0 aromatic heterocycles. The van der Waals surface area contributed by atoms with Crippen LogP contribution in [0.4, 0.5) is 0 Å². The van der Waals surface area contributed by atoms with Gasteiger partial charge in [0.1, 0.15) is 6.61 Å². The number of carbonyl (C=O) groups excluding carboxylic acids is 1. The quantitative estimate of drug-likeness (QED) is 0.639. The molecule has 0 atom stereocenters. The van der Waals surface area contributed by atoms with Crippen molar-refractivity contribution < 1.29 is 9.53 Å². The van der Waals surface area contributed by atoms with Crippen molar-refractivity contribution in [1.29, 1.82) is 10.5 Å². The van der Waals surface area contributed by atoms with Crippen LogP contribution in [0.15, 0.2) is 54.6 Å². The molecule has 4 heteroatoms. The molecule has 2 aromatic carbocycles. The third kappa shape index (κ3) is 4.33. The molecule has 4 nitrogen and oxygen atoms in total. The summed E-state index contributed by atoms with van der Waals surface area (Å²) in [4.78, 5) is 11.6. The number of esters is 1. The minimum Gasteiger partial charge on any atom is -0.458 e. The van der Waals surface area contributed by atoms with Crippen LogP contribution in [0.2, 0.25) is 0 Å². The Hall–Kier alpha value is -3.37. The number of hydrogen-bond acceptors (Lipinski definition) is 4. The van der Waals surface area contributed by atoms with Gasteiger partial charge in [0, 0.05) is 6.08 Å². The van der Waals surface area contributed by atoms with Gasteiger partial charge in [-0.25, -0.2) is 4.79 Å². The van der Waals surface area contributed by atoms with E-state index >= 15 is 0 Å². The smallest absolute Gasteiger partial charge is 0.331 e. The second-order valence-corrected chi connectivity index (χ2v) is 4.49. The molecule has 22 heavy (non-hydrogen) atoms. The normalized spacial score (nSPS) is 9.91. The Morgan fingerprint density at radius 3 is 2.45 bits per heavy atom. The van der Waals surface area contributed by atoms with Gasteiger partial charge in [-0.1, -0.05) is 24.3 Å². The topological polar surface area (TPSA) is 73.9 Å². The van der Waals surface area contributed by atoms with Crippen LogP contribution in [0, 0.1) is 22.7 Å². The summed E-state index contributed by atoms with van der Waals surface area (Å²) < 4.78 is 5.11. The third-order valence-corrected chi connectivity index (χ3v) is 2.89. The van der Waals surface area contributed by atoms with Crippen LogP contribution in [0.3, 0.4) is 0 Å². The van der Waals surface area contributed by atoms with E-state index in [9.17, 15) is 4.79 Å². The molecule has 0 aliphatic heterocycles. The summed E-state index contributed by atoms with van der Waals surface area (Å²) in [5, 5.41) is 17.5. The van der Waals surface area contributed by atoms with Crippen molar-refractivity contribution in [2.75, 3.05) is 0 Å². The molecule has 0 aliphatic carbocycles. The van der Waals surface area contributed by atoms with Crippen molar-refractivity contribution in [1.82, 2.24) is 0 Å². The molecule has 0 radical (unpaired) electrons. The molecular weight excluding hydrogens is 276 g/mol. The highest BCUT2D eigenvalue weighted by atomic mass is 16.5. The lowest BCUT2D eigenvalue weighted by Crippen LogP contribution is -2.00. The summed E-state index contributed by atoms with van der Waals surface area (Å²) in [5.41, 5.74) is 2.67. The maximum atomic E-state index is 11.6. The maximum Gasteiger partial charge on any atom is 0.331 e. The summed E-state index contributed by atoms with van der Waals surface area (Å²) in [7, 11) is 0. The van der Waals surface area contributed by atoms with Gasteiger partial charge in [-0.2, -0.15) is 10.5 Å². The Kier molecular flexibility index (Phi) is 5.07. The third-order valence-electron chi connectivity index (χ3n) is 2.89. The summed E-state index contributed by atoms with van der Waals surface area (Å²) in [6, 6.07) is 17.8. The molecule has 0 spiro atoms. The molecular formula is C18H12N2O2. The van der Waals surface area contributed by atoms with Crippen LogP contribution in [0.25, 0.3) is 6.08 Å². The van der Waals surface area contributed by atoms with Crippen LogP contribution >= 0.6 is 0 Å². The fourth-order valence-electron chi connectivity index (χ4n) is 1.77. The highest BCUT2D eigenvalue weighted by molar-refractivity contribution is 5.87. The van der Waals surface area contributed by atoms with E-state index in [2.05, 4.69) is 0 Å². The van der Waals surface area contributed by atoms with E-state index in [1.165, 1.54) is 6.08 Å². The number of benzene rings is 2. The molecule has 0 heterocycles. The van der Waals surface area contributed by atoms with Crippen LogP contribution in [0.5, 0.6) is 0 Å². The number of ether oxygens (including phenoxy) is 1. The molecule has 0 bridgehead atoms. The molecule has 0 unspecified atom stereocenters. The van der Waals surface area contributed by atoms with Gasteiger partial charge in [0.15, 0.2) is 0 Å². The first-order valence-corrected chi connectivity index (χ1v) is 6.55. The van der Waals surface area contributed by atoms with Gasteiger partial charge >= 0.3 is 5.97 Å². The van der Waals surface area contributed by atoms with Gasteiger partial charge < -0.3 is 4.74 Å². The Morgan fingerprint density at radius 2 is 1.77 bits per heavy atom. The zero-order valence-corrected chi connectivity index (χ0v) is 11.7. The van der Waals surface area contributed by atoms with Crippen LogP contribution in [-0.2, 0) is 16.1 Å². The monoisotopic (exact) mass is 288 g/mol. The second kappa shape index (κ2) is 7.42. The molecule has 2 aromatic rings. The standard InChI is InChI=1S/C18H12N2O2/c19-11-15-6-4-14(5-7-15)8-9-18(21)22-13-17-3-1-2-16(10-17)12-20/h1-10H,13H2/b9-8+. The summed E-state index contributed by atoms with van der Waals surface area (Å²) >= 11 is 0. The van der Waals surface area contributed by atoms with E-state index in [0.29, 0.717) is 11.1 Å². The molecule has 0 saturated heterocycles. The summed E-state index contributed by atoms with van der Waals surface area (Å²) in [6.45, 7) is 0.117. The van der Waals surface area contributed by atoms with Crippen molar-refractivity contribution in [2.24, 2.45) is 0 Å². The Morgan fingerprint density at radius 1 is 1.05 bits per heavy atom. The SMILES string of the molecule is N#Cc1ccc(/C=C/C(=O)OCc2cccc(C#N)c2)cc1. The minimum atomic E-state index is -0.466. The zero-order valence-electron chi connectivity index (χ0n) is 11.7. The van der Waals surface area contributed by atoms with E-state index in [4.69, 9.17) is 15.3 Å². The number of hydrogen-bond donors (Lipinski definition) is 0. The first-order chi connectivity index (χ1) is 10.7. The minimum absolute atomic E-state index is 0.117. The molecule has 2 rings (SSSR count). The van der Waals surface area contributed by atoms with E-state index < -0.39 is 5.97 Å². The van der Waals surface area contributed by atoms with Gasteiger partial charge in [0.2, 0.25) is 0 Å². The molecule has 0 saturated carbocycles. The van der Waals surface area contributed by atoms with Gasteiger partial charge in [0.25, 0.3) is 0 Å². The molecule has 0 amide bonds. The Labute approximate surface area is 128 Å². The predicted molar refractivity (Wildman–Crippen MR) is 81.1 cm³/mol. The van der Waals surface area contributed by atoms with E-state index in [1.54, 1.807) is 54.6 Å². The van der Waals surface area contributed by atoms with Gasteiger partial charge in [-0.05, 0) is 41.5 Å². The average Bonchev–Trinajstić information content (AvgIpc) is 2.58. The molecule has 0 N–H and O–H groups in total. The van der Waals surface area contributed by atoms with Crippen LogP contribution in [0.1, 0.15) is 22.3 Å². The highest BCUT2D eigenvalue weighted by Gasteiger charge is 2.00. The second-order valence-electron chi connectivity index (χ2n) is 4.49. The van der Waals surface area contributed by atoms with Gasteiger partial charge in [-0.15, -0.1) is 0 Å². The zero-order chi connectivity index (χ0) is 15.8. The van der Waals surface area contributed by atoms with E-state index in [1.807, 2.05) is 12.1 Å². The fourth-order valence-corrected chi connectivity index (χ4v) is 1.77. The molecule has 106 valence electrons. The van der Waals surface area contributed by atoms with E-state index in [0.717, 1.165) is 11.1 Å². The van der Waals surface area contributed by atoms with Gasteiger partial charge in [0.05, 0.1) is 23.3 Å².